The fourth-order valence-corrected chi connectivity index (χ4v) is 0.942. The van der Waals surface area contributed by atoms with Crippen molar-refractivity contribution in [2.24, 2.45) is 0 Å². The van der Waals surface area contributed by atoms with Crippen molar-refractivity contribution >= 4 is 11.3 Å². The van der Waals surface area contributed by atoms with Gasteiger partial charge >= 0.3 is 0 Å². The Morgan fingerprint density at radius 2 is 1.92 bits per heavy atom. The van der Waals surface area contributed by atoms with Crippen LogP contribution in [0.15, 0.2) is 47.4 Å². The molecule has 1 aromatic heterocycles. The minimum atomic E-state index is -0.178. The van der Waals surface area contributed by atoms with E-state index in [9.17, 15) is 4.39 Å². The molecule has 0 unspecified atom stereocenters. The van der Waals surface area contributed by atoms with Crippen molar-refractivity contribution in [1.29, 1.82) is 0 Å². The molecule has 0 spiro atoms. The van der Waals surface area contributed by atoms with Gasteiger partial charge in [0.25, 0.3) is 0 Å². The maximum atomic E-state index is 11.9. The van der Waals surface area contributed by atoms with Gasteiger partial charge in [0.05, 0.1) is 5.51 Å². The zero-order chi connectivity index (χ0) is 8.65. The van der Waals surface area contributed by atoms with E-state index in [0.717, 1.165) is 0 Å². The van der Waals surface area contributed by atoms with Crippen molar-refractivity contribution < 1.29 is 4.39 Å². The van der Waals surface area contributed by atoms with E-state index < -0.39 is 0 Å². The largest absolute Gasteiger partial charge is 0.253 e. The van der Waals surface area contributed by atoms with E-state index in [1.54, 1.807) is 41.2 Å². The molecule has 1 nitrogen and oxygen atoms in total. The average molecular weight is 181 g/mol. The molecule has 0 radical (unpaired) electrons. The second-order valence-corrected chi connectivity index (χ2v) is 2.73. The molecule has 1 aromatic carbocycles. The summed E-state index contributed by atoms with van der Waals surface area (Å²) in [4.78, 5) is 3.74. The molecule has 0 saturated heterocycles. The van der Waals surface area contributed by atoms with Gasteiger partial charge in [-0.25, -0.2) is 4.39 Å². The molecule has 2 aromatic rings. The Morgan fingerprint density at radius 3 is 2.17 bits per heavy atom. The first-order chi connectivity index (χ1) is 5.89. The van der Waals surface area contributed by atoms with Crippen LogP contribution >= 0.6 is 11.3 Å². The van der Waals surface area contributed by atoms with E-state index in [1.165, 1.54) is 12.1 Å². The lowest BCUT2D eigenvalue weighted by Crippen LogP contribution is -1.63. The first-order valence-electron chi connectivity index (χ1n) is 3.42. The topological polar surface area (TPSA) is 12.9 Å². The summed E-state index contributed by atoms with van der Waals surface area (Å²) in [5.41, 5.74) is 1.79. The van der Waals surface area contributed by atoms with E-state index in [-0.39, 0.29) is 5.82 Å². The van der Waals surface area contributed by atoms with Crippen LogP contribution < -0.4 is 0 Å². The lowest BCUT2D eigenvalue weighted by Gasteiger charge is -1.78. The summed E-state index contributed by atoms with van der Waals surface area (Å²) in [5, 5.41) is 1.93. The summed E-state index contributed by atoms with van der Waals surface area (Å²) in [6.07, 6.45) is 1.77. The molecule has 0 fully saturated rings. The molecule has 62 valence electrons. The Kier molecular flexibility index (Phi) is 4.02. The summed E-state index contributed by atoms with van der Waals surface area (Å²) in [6, 6.07) is 7.94. The quantitative estimate of drug-likeness (QED) is 0.609. The van der Waals surface area contributed by atoms with Gasteiger partial charge in [0, 0.05) is 11.6 Å². The van der Waals surface area contributed by atoms with Crippen LogP contribution in [0.4, 0.5) is 4.39 Å². The van der Waals surface area contributed by atoms with Gasteiger partial charge in [-0.2, -0.15) is 0 Å². The summed E-state index contributed by atoms with van der Waals surface area (Å²) < 4.78 is 11.9. The number of halogens is 1. The highest BCUT2D eigenvalue weighted by atomic mass is 32.1. The van der Waals surface area contributed by atoms with Crippen LogP contribution in [-0.2, 0) is 0 Å². The first kappa shape index (κ1) is 8.87. The Labute approximate surface area is 74.5 Å². The Morgan fingerprint density at radius 1 is 1.17 bits per heavy atom. The van der Waals surface area contributed by atoms with Gasteiger partial charge in [0.15, 0.2) is 0 Å². The number of benzene rings is 1. The predicted octanol–water partition coefficient (Wildman–Crippen LogP) is 2.97. The molecule has 0 saturated carbocycles. The van der Waals surface area contributed by atoms with Crippen LogP contribution in [0.25, 0.3) is 0 Å². The number of thiazole rings is 1. The number of hydrogen-bond donors (Lipinski definition) is 0. The highest BCUT2D eigenvalue weighted by Crippen LogP contribution is 1.91. The smallest absolute Gasteiger partial charge is 0.123 e. The minimum Gasteiger partial charge on any atom is -0.253 e. The zero-order valence-electron chi connectivity index (χ0n) is 6.35. The van der Waals surface area contributed by atoms with E-state index in [0.29, 0.717) is 0 Å². The second kappa shape index (κ2) is 5.43. The summed E-state index contributed by atoms with van der Waals surface area (Å²) in [7, 11) is 0. The van der Waals surface area contributed by atoms with Crippen LogP contribution in [0.1, 0.15) is 0 Å². The fraction of sp³-hybridized carbons (Fsp3) is 0. The Bertz CT molecular complexity index is 263. The van der Waals surface area contributed by atoms with Crippen LogP contribution in [0.5, 0.6) is 0 Å². The third-order valence-corrected chi connectivity index (χ3v) is 1.60. The third kappa shape index (κ3) is 3.83. The van der Waals surface area contributed by atoms with Crippen LogP contribution in [0, 0.1) is 5.82 Å². The lowest BCUT2D eigenvalue weighted by atomic mass is 10.4. The molecule has 0 amide bonds. The standard InChI is InChI=1S/C6H5F.C3H3NS/c7-6-4-2-1-3-5-6;1-2-5-3-4-1/h1-5H;1-3H. The first-order valence-corrected chi connectivity index (χ1v) is 4.36. The minimum absolute atomic E-state index is 0.178. The second-order valence-electron chi connectivity index (χ2n) is 1.97. The van der Waals surface area contributed by atoms with E-state index in [1.807, 2.05) is 5.38 Å². The van der Waals surface area contributed by atoms with Gasteiger partial charge in [0.2, 0.25) is 0 Å². The molecule has 0 aliphatic carbocycles. The predicted molar refractivity (Wildman–Crippen MR) is 48.5 cm³/mol. The van der Waals surface area contributed by atoms with Crippen molar-refractivity contribution in [1.82, 2.24) is 4.98 Å². The van der Waals surface area contributed by atoms with Gasteiger partial charge in [0.1, 0.15) is 5.82 Å². The van der Waals surface area contributed by atoms with Crippen molar-refractivity contribution in [3.8, 4) is 0 Å². The SMILES string of the molecule is Fc1ccccc1.c1cscn1. The van der Waals surface area contributed by atoms with Crippen LogP contribution in [-0.4, -0.2) is 4.98 Å². The molecule has 1 heterocycles. The number of nitrogens with zero attached hydrogens (tertiary/aromatic N) is 1. The molecule has 3 heteroatoms. The van der Waals surface area contributed by atoms with Crippen molar-refractivity contribution in [2.45, 2.75) is 0 Å². The molecule has 0 aliphatic rings. The molecule has 0 N–H and O–H groups in total. The van der Waals surface area contributed by atoms with E-state index in [4.69, 9.17) is 0 Å². The maximum Gasteiger partial charge on any atom is 0.123 e. The molecular formula is C9H8FNS. The highest BCUT2D eigenvalue weighted by Gasteiger charge is 1.77. The highest BCUT2D eigenvalue weighted by molar-refractivity contribution is 7.07. The zero-order valence-corrected chi connectivity index (χ0v) is 7.17. The van der Waals surface area contributed by atoms with Crippen molar-refractivity contribution in [3.05, 3.63) is 53.2 Å². The summed E-state index contributed by atoms with van der Waals surface area (Å²) in [5.74, 6) is -0.178. The van der Waals surface area contributed by atoms with E-state index >= 15 is 0 Å². The van der Waals surface area contributed by atoms with Gasteiger partial charge in [-0.05, 0) is 12.1 Å². The van der Waals surface area contributed by atoms with Gasteiger partial charge in [-0.3, -0.25) is 4.98 Å². The van der Waals surface area contributed by atoms with Crippen LogP contribution in [0.2, 0.25) is 0 Å². The molecule has 0 atom stereocenters. The van der Waals surface area contributed by atoms with Gasteiger partial charge in [-0.15, -0.1) is 11.3 Å². The normalized spacial score (nSPS) is 8.42. The summed E-state index contributed by atoms with van der Waals surface area (Å²) in [6.45, 7) is 0. The molecule has 0 bridgehead atoms. The van der Waals surface area contributed by atoms with Crippen LogP contribution in [0.3, 0.4) is 0 Å². The number of hydrogen-bond acceptors (Lipinski definition) is 2. The van der Waals surface area contributed by atoms with Gasteiger partial charge in [-0.1, -0.05) is 18.2 Å². The monoisotopic (exact) mass is 181 g/mol. The lowest BCUT2D eigenvalue weighted by molar-refractivity contribution is 0.628. The van der Waals surface area contributed by atoms with Crippen molar-refractivity contribution in [3.63, 3.8) is 0 Å². The Balaban J connectivity index is 0.000000127. The maximum absolute atomic E-state index is 11.9. The fourth-order valence-electron chi connectivity index (χ4n) is 0.590. The Hall–Kier alpha value is -1.22. The molecule has 0 aliphatic heterocycles. The third-order valence-electron chi connectivity index (χ3n) is 1.08. The molecule has 2 rings (SSSR count). The molecular weight excluding hydrogens is 173 g/mol. The van der Waals surface area contributed by atoms with Crippen molar-refractivity contribution in [2.75, 3.05) is 0 Å². The number of aromatic nitrogens is 1. The molecule has 12 heavy (non-hydrogen) atoms. The number of rotatable bonds is 0. The summed E-state index contributed by atoms with van der Waals surface area (Å²) >= 11 is 1.60. The van der Waals surface area contributed by atoms with Gasteiger partial charge < -0.3 is 0 Å². The van der Waals surface area contributed by atoms with E-state index in [2.05, 4.69) is 4.98 Å². The average Bonchev–Trinajstić information content (AvgIpc) is 2.62.